The van der Waals surface area contributed by atoms with Crippen molar-refractivity contribution in [2.45, 2.75) is 38.7 Å². The minimum Gasteiger partial charge on any atom is -0.480 e. The number of carbonyl (C=O) groups excluding carboxylic acids is 1. The highest BCUT2D eigenvalue weighted by atomic mass is 17.0. The van der Waals surface area contributed by atoms with E-state index in [0.29, 0.717) is 25.7 Å². The van der Waals surface area contributed by atoms with Gasteiger partial charge in [-0.2, -0.15) is 0 Å². The van der Waals surface area contributed by atoms with Crippen molar-refractivity contribution in [3.05, 3.63) is 10.1 Å². The fraction of sp³-hybridized carbons (Fsp3) is 0.800. The zero-order chi connectivity index (χ0) is 14.7. The molecule has 0 aliphatic heterocycles. The number of nitrogens with one attached hydrogen (secondary N) is 1. The van der Waals surface area contributed by atoms with E-state index in [4.69, 9.17) is 9.84 Å². The Morgan fingerprint density at radius 2 is 2.11 bits per heavy atom. The molecule has 1 unspecified atom stereocenters. The lowest BCUT2D eigenvalue weighted by Crippen LogP contribution is -2.30. The molecule has 1 atom stereocenters. The van der Waals surface area contributed by atoms with Gasteiger partial charge in [-0.3, -0.25) is 4.79 Å². The van der Waals surface area contributed by atoms with Gasteiger partial charge in [0.25, 0.3) is 5.09 Å². The minimum absolute atomic E-state index is 0.125. The number of hydrogen-bond donors (Lipinski definition) is 2. The third-order valence-electron chi connectivity index (χ3n) is 2.23. The molecule has 0 heterocycles. The molecular formula is C10H18N2O7. The van der Waals surface area contributed by atoms with E-state index in [9.17, 15) is 19.7 Å². The Morgan fingerprint density at radius 3 is 2.63 bits per heavy atom. The molecule has 0 fully saturated rings. The zero-order valence-corrected chi connectivity index (χ0v) is 10.7. The summed E-state index contributed by atoms with van der Waals surface area (Å²) in [4.78, 5) is 35.6. The van der Waals surface area contributed by atoms with Crippen molar-refractivity contribution in [3.8, 4) is 0 Å². The molecule has 0 saturated carbocycles. The second-order valence-electron chi connectivity index (χ2n) is 3.74. The van der Waals surface area contributed by atoms with E-state index < -0.39 is 29.8 Å². The first-order valence-corrected chi connectivity index (χ1v) is 5.89. The number of rotatable bonds is 10. The summed E-state index contributed by atoms with van der Waals surface area (Å²) in [7, 11) is 0. The molecule has 0 aliphatic rings. The summed E-state index contributed by atoms with van der Waals surface area (Å²) in [6.45, 7) is 1.41. The average molecular weight is 278 g/mol. The van der Waals surface area contributed by atoms with Gasteiger partial charge in [-0.05, 0) is 25.7 Å². The number of carbonyl (C=O) groups is 2. The summed E-state index contributed by atoms with van der Waals surface area (Å²) in [5, 5.41) is 19.7. The standard InChI is InChI=1S/C10H18N2O7/c1-2-8(19-12(16)17)5-3-4-6-18-10(15)11-7-9(13)14/h8H,2-7H2,1H3,(H,11,15)(H,13,14). The van der Waals surface area contributed by atoms with Gasteiger partial charge in [0.15, 0.2) is 0 Å². The van der Waals surface area contributed by atoms with Gasteiger partial charge in [0, 0.05) is 0 Å². The quantitative estimate of drug-likeness (QED) is 0.346. The number of carboxylic acid groups (broad SMARTS) is 1. The Hall–Kier alpha value is -2.06. The lowest BCUT2D eigenvalue weighted by Gasteiger charge is -2.12. The molecule has 0 rings (SSSR count). The summed E-state index contributed by atoms with van der Waals surface area (Å²) in [6.07, 6.45) is 0.918. The van der Waals surface area contributed by atoms with Crippen LogP contribution < -0.4 is 5.32 Å². The monoisotopic (exact) mass is 278 g/mol. The van der Waals surface area contributed by atoms with E-state index in [1.54, 1.807) is 6.92 Å². The number of hydrogen-bond acceptors (Lipinski definition) is 6. The van der Waals surface area contributed by atoms with Crippen LogP contribution in [0.15, 0.2) is 0 Å². The Morgan fingerprint density at radius 1 is 1.42 bits per heavy atom. The highest BCUT2D eigenvalue weighted by Gasteiger charge is 2.10. The molecule has 0 bridgehead atoms. The normalized spacial score (nSPS) is 11.4. The highest BCUT2D eigenvalue weighted by molar-refractivity contribution is 5.76. The van der Waals surface area contributed by atoms with Gasteiger partial charge in [0.2, 0.25) is 0 Å². The number of nitrogens with zero attached hydrogens (tertiary/aromatic N) is 1. The fourth-order valence-electron chi connectivity index (χ4n) is 1.29. The minimum atomic E-state index is -1.15. The molecule has 1 amide bonds. The molecule has 19 heavy (non-hydrogen) atoms. The van der Waals surface area contributed by atoms with Gasteiger partial charge in [0.1, 0.15) is 12.6 Å². The van der Waals surface area contributed by atoms with E-state index >= 15 is 0 Å². The maximum Gasteiger partial charge on any atom is 0.407 e. The third-order valence-corrected chi connectivity index (χ3v) is 2.23. The lowest BCUT2D eigenvalue weighted by molar-refractivity contribution is -0.768. The molecular weight excluding hydrogens is 260 g/mol. The van der Waals surface area contributed by atoms with Crippen LogP contribution in [0.5, 0.6) is 0 Å². The van der Waals surface area contributed by atoms with Crippen LogP contribution in [-0.4, -0.2) is 41.5 Å². The van der Waals surface area contributed by atoms with Gasteiger partial charge < -0.3 is 20.0 Å². The van der Waals surface area contributed by atoms with E-state index in [-0.39, 0.29) is 6.61 Å². The van der Waals surface area contributed by atoms with Crippen LogP contribution in [0.2, 0.25) is 0 Å². The number of ether oxygens (including phenoxy) is 1. The van der Waals surface area contributed by atoms with Crippen molar-refractivity contribution < 1.29 is 29.4 Å². The topological polar surface area (TPSA) is 128 Å². The number of amides is 1. The smallest absolute Gasteiger partial charge is 0.407 e. The van der Waals surface area contributed by atoms with Crippen molar-refractivity contribution in [1.82, 2.24) is 5.32 Å². The first kappa shape index (κ1) is 16.9. The summed E-state index contributed by atoms with van der Waals surface area (Å²) in [6, 6.07) is 0. The summed E-state index contributed by atoms with van der Waals surface area (Å²) >= 11 is 0. The van der Waals surface area contributed by atoms with E-state index in [2.05, 4.69) is 4.84 Å². The van der Waals surface area contributed by atoms with Crippen LogP contribution >= 0.6 is 0 Å². The second-order valence-corrected chi connectivity index (χ2v) is 3.74. The Balaban J connectivity index is 3.55. The van der Waals surface area contributed by atoms with Crippen LogP contribution in [0.3, 0.4) is 0 Å². The molecule has 2 N–H and O–H groups in total. The molecule has 0 spiro atoms. The van der Waals surface area contributed by atoms with Gasteiger partial charge in [-0.25, -0.2) is 4.79 Å². The first-order chi connectivity index (χ1) is 8.95. The van der Waals surface area contributed by atoms with Gasteiger partial charge >= 0.3 is 12.1 Å². The molecule has 0 radical (unpaired) electrons. The maximum atomic E-state index is 10.9. The van der Waals surface area contributed by atoms with Crippen molar-refractivity contribution >= 4 is 12.1 Å². The van der Waals surface area contributed by atoms with Gasteiger partial charge in [-0.1, -0.05) is 6.92 Å². The maximum absolute atomic E-state index is 10.9. The average Bonchev–Trinajstić information content (AvgIpc) is 2.33. The van der Waals surface area contributed by atoms with Gasteiger partial charge in [-0.15, -0.1) is 10.1 Å². The van der Waals surface area contributed by atoms with Crippen LogP contribution in [-0.2, 0) is 14.4 Å². The molecule has 0 saturated heterocycles. The molecule has 0 aromatic rings. The SMILES string of the molecule is CCC(CCCCOC(=O)NCC(=O)O)O[N+](=O)[O-]. The summed E-state index contributed by atoms with van der Waals surface area (Å²) in [5.41, 5.74) is 0. The first-order valence-electron chi connectivity index (χ1n) is 5.89. The Labute approximate surface area is 110 Å². The van der Waals surface area contributed by atoms with Crippen LogP contribution in [0, 0.1) is 10.1 Å². The fourth-order valence-corrected chi connectivity index (χ4v) is 1.29. The molecule has 110 valence electrons. The molecule has 0 aliphatic carbocycles. The van der Waals surface area contributed by atoms with E-state index in [1.165, 1.54) is 0 Å². The van der Waals surface area contributed by atoms with Crippen LogP contribution in [0.4, 0.5) is 4.79 Å². The van der Waals surface area contributed by atoms with Gasteiger partial charge in [0.05, 0.1) is 6.61 Å². The van der Waals surface area contributed by atoms with Crippen molar-refractivity contribution in [2.24, 2.45) is 0 Å². The lowest BCUT2D eigenvalue weighted by atomic mass is 10.1. The Kier molecular flexibility index (Phi) is 8.84. The van der Waals surface area contributed by atoms with Crippen LogP contribution in [0.1, 0.15) is 32.6 Å². The Bertz CT molecular complexity index is 308. The molecule has 0 aromatic heterocycles. The predicted molar refractivity (Wildman–Crippen MR) is 63.0 cm³/mol. The van der Waals surface area contributed by atoms with Crippen molar-refractivity contribution in [3.63, 3.8) is 0 Å². The second kappa shape index (κ2) is 9.92. The number of unbranched alkanes of at least 4 members (excludes halogenated alkanes) is 1. The van der Waals surface area contributed by atoms with Crippen molar-refractivity contribution in [2.75, 3.05) is 13.2 Å². The zero-order valence-electron chi connectivity index (χ0n) is 10.7. The van der Waals surface area contributed by atoms with E-state index in [0.717, 1.165) is 0 Å². The third kappa shape index (κ3) is 10.8. The molecule has 9 nitrogen and oxygen atoms in total. The number of alkyl carbamates (subject to hydrolysis) is 1. The molecule has 0 aromatic carbocycles. The molecule has 9 heteroatoms. The summed E-state index contributed by atoms with van der Waals surface area (Å²) < 4.78 is 4.70. The number of carboxylic acids is 1. The summed E-state index contributed by atoms with van der Waals surface area (Å²) in [5.74, 6) is -1.15. The van der Waals surface area contributed by atoms with Crippen LogP contribution in [0.25, 0.3) is 0 Å². The van der Waals surface area contributed by atoms with E-state index in [1.807, 2.05) is 5.32 Å². The van der Waals surface area contributed by atoms with Crippen molar-refractivity contribution in [1.29, 1.82) is 0 Å². The number of aliphatic carboxylic acids is 1. The largest absolute Gasteiger partial charge is 0.480 e. The predicted octanol–water partition coefficient (Wildman–Crippen LogP) is 0.954. The highest BCUT2D eigenvalue weighted by Crippen LogP contribution is 2.08.